The second kappa shape index (κ2) is 1.78. The van der Waals surface area contributed by atoms with E-state index in [-0.39, 0.29) is 5.78 Å². The number of carbonyl (C=O) groups excluding carboxylic acids is 1. The highest BCUT2D eigenvalue weighted by atomic mass is 19.1. The molecule has 2 rings (SSSR count). The van der Waals surface area contributed by atoms with Crippen molar-refractivity contribution >= 4 is 5.78 Å². The van der Waals surface area contributed by atoms with E-state index in [0.717, 1.165) is 0 Å². The van der Waals surface area contributed by atoms with Gasteiger partial charge in [-0.15, -0.1) is 0 Å². The zero-order valence-electron chi connectivity index (χ0n) is 5.69. The molecule has 1 N–H and O–H groups in total. The van der Waals surface area contributed by atoms with E-state index in [2.05, 4.69) is 5.32 Å². The molecule has 1 saturated heterocycles. The van der Waals surface area contributed by atoms with Crippen molar-refractivity contribution in [2.75, 3.05) is 13.1 Å². The minimum Gasteiger partial charge on any atom is -0.314 e. The van der Waals surface area contributed by atoms with E-state index in [1.165, 1.54) is 0 Å². The number of halogens is 1. The van der Waals surface area contributed by atoms with Gasteiger partial charge >= 0.3 is 0 Å². The van der Waals surface area contributed by atoms with Crippen LogP contribution in [0.2, 0.25) is 0 Å². The average Bonchev–Trinajstić information content (AvgIpc) is 2.06. The number of carbonyl (C=O) groups is 1. The largest absolute Gasteiger partial charge is 0.314 e. The Bertz CT molecular complexity index is 176. The molecule has 1 unspecified atom stereocenters. The molecule has 2 aliphatic rings. The molecule has 1 heterocycles. The molecular formula is C7H10FNO. The van der Waals surface area contributed by atoms with E-state index < -0.39 is 11.6 Å². The van der Waals surface area contributed by atoms with E-state index in [9.17, 15) is 9.18 Å². The summed E-state index contributed by atoms with van der Waals surface area (Å²) >= 11 is 0. The van der Waals surface area contributed by atoms with Gasteiger partial charge in [0.1, 0.15) is 12.0 Å². The Morgan fingerprint density at radius 2 is 2.30 bits per heavy atom. The topological polar surface area (TPSA) is 29.1 Å². The van der Waals surface area contributed by atoms with Crippen molar-refractivity contribution in [3.63, 3.8) is 0 Å². The summed E-state index contributed by atoms with van der Waals surface area (Å²) in [5.41, 5.74) is -0.583. The maximum Gasteiger partial charge on any atom is 0.144 e. The fraction of sp³-hybridized carbons (Fsp3) is 0.857. The molecule has 0 amide bonds. The Morgan fingerprint density at radius 1 is 1.60 bits per heavy atom. The summed E-state index contributed by atoms with van der Waals surface area (Å²) in [7, 11) is 0. The van der Waals surface area contributed by atoms with Crippen molar-refractivity contribution in [1.29, 1.82) is 0 Å². The van der Waals surface area contributed by atoms with Crippen molar-refractivity contribution in [2.24, 2.45) is 5.41 Å². The maximum atomic E-state index is 13.0. The molecule has 56 valence electrons. The van der Waals surface area contributed by atoms with Gasteiger partial charge in [-0.05, 0) is 6.42 Å². The molecule has 0 bridgehead atoms. The number of hydrogen-bond donors (Lipinski definition) is 1. The highest BCUT2D eigenvalue weighted by molar-refractivity contribution is 5.89. The summed E-state index contributed by atoms with van der Waals surface area (Å²) in [5, 5.41) is 2.94. The van der Waals surface area contributed by atoms with Gasteiger partial charge in [0.15, 0.2) is 0 Å². The van der Waals surface area contributed by atoms with Crippen LogP contribution < -0.4 is 5.32 Å². The average molecular weight is 143 g/mol. The molecule has 3 heteroatoms. The van der Waals surface area contributed by atoms with Crippen LogP contribution in [-0.4, -0.2) is 25.0 Å². The fourth-order valence-electron chi connectivity index (χ4n) is 1.77. The van der Waals surface area contributed by atoms with E-state index in [0.29, 0.717) is 25.9 Å². The Hall–Kier alpha value is -0.440. The summed E-state index contributed by atoms with van der Waals surface area (Å²) in [6, 6.07) is 0. The lowest BCUT2D eigenvalue weighted by atomic mass is 9.78. The van der Waals surface area contributed by atoms with Crippen LogP contribution in [0.5, 0.6) is 0 Å². The highest BCUT2D eigenvalue weighted by Crippen LogP contribution is 2.40. The van der Waals surface area contributed by atoms with Crippen LogP contribution in [0, 0.1) is 5.41 Å². The van der Waals surface area contributed by atoms with Gasteiger partial charge in [-0.25, -0.2) is 4.39 Å². The summed E-state index contributed by atoms with van der Waals surface area (Å²) in [5.74, 6) is 0.124. The standard InChI is InChI=1S/C7H10FNO/c8-5-1-2-6(10)7(5)3-9-4-7/h5,9H,1-4H2. The van der Waals surface area contributed by atoms with Gasteiger partial charge in [-0.3, -0.25) is 4.79 Å². The molecule has 2 fully saturated rings. The lowest BCUT2D eigenvalue weighted by molar-refractivity contribution is -0.130. The first-order valence-electron chi connectivity index (χ1n) is 3.64. The molecule has 10 heavy (non-hydrogen) atoms. The Morgan fingerprint density at radius 3 is 2.50 bits per heavy atom. The maximum absolute atomic E-state index is 13.0. The van der Waals surface area contributed by atoms with Crippen LogP contribution in [0.25, 0.3) is 0 Å². The van der Waals surface area contributed by atoms with Crippen LogP contribution in [0.1, 0.15) is 12.8 Å². The smallest absolute Gasteiger partial charge is 0.144 e. The molecule has 0 radical (unpaired) electrons. The first kappa shape index (κ1) is 6.28. The predicted octanol–water partition coefficient (Wildman–Crippen LogP) is 0.277. The second-order valence-electron chi connectivity index (χ2n) is 3.19. The Labute approximate surface area is 58.8 Å². The van der Waals surface area contributed by atoms with Crippen molar-refractivity contribution < 1.29 is 9.18 Å². The van der Waals surface area contributed by atoms with Crippen LogP contribution in [-0.2, 0) is 4.79 Å². The molecule has 0 aromatic heterocycles. The van der Waals surface area contributed by atoms with E-state index in [1.54, 1.807) is 0 Å². The zero-order valence-corrected chi connectivity index (χ0v) is 5.69. The van der Waals surface area contributed by atoms with Crippen molar-refractivity contribution in [3.8, 4) is 0 Å². The molecule has 1 atom stereocenters. The number of Topliss-reactive ketones (excluding diaryl/α,β-unsaturated/α-hetero) is 1. The van der Waals surface area contributed by atoms with Crippen molar-refractivity contribution in [3.05, 3.63) is 0 Å². The Kier molecular flexibility index (Phi) is 1.12. The number of alkyl halides is 1. The van der Waals surface area contributed by atoms with Crippen LogP contribution in [0.15, 0.2) is 0 Å². The van der Waals surface area contributed by atoms with Crippen molar-refractivity contribution in [2.45, 2.75) is 19.0 Å². The van der Waals surface area contributed by atoms with Gasteiger partial charge < -0.3 is 5.32 Å². The van der Waals surface area contributed by atoms with Gasteiger partial charge in [0.2, 0.25) is 0 Å². The quantitative estimate of drug-likeness (QED) is 0.527. The third kappa shape index (κ3) is 0.539. The molecule has 1 spiro atoms. The van der Waals surface area contributed by atoms with Crippen LogP contribution in [0.3, 0.4) is 0 Å². The van der Waals surface area contributed by atoms with Gasteiger partial charge in [-0.1, -0.05) is 0 Å². The Balaban J connectivity index is 2.23. The summed E-state index contributed by atoms with van der Waals surface area (Å²) in [6.07, 6.45) is 0.0184. The third-order valence-electron chi connectivity index (χ3n) is 2.66. The summed E-state index contributed by atoms with van der Waals surface area (Å²) in [4.78, 5) is 11.1. The van der Waals surface area contributed by atoms with Gasteiger partial charge in [0, 0.05) is 19.5 Å². The first-order chi connectivity index (χ1) is 4.76. The second-order valence-corrected chi connectivity index (χ2v) is 3.19. The van der Waals surface area contributed by atoms with Gasteiger partial charge in [0.25, 0.3) is 0 Å². The monoisotopic (exact) mass is 143 g/mol. The number of hydrogen-bond acceptors (Lipinski definition) is 2. The minimum absolute atomic E-state index is 0.124. The molecule has 1 aliphatic carbocycles. The fourth-order valence-corrected chi connectivity index (χ4v) is 1.77. The SMILES string of the molecule is O=C1CCC(F)C12CNC2. The lowest BCUT2D eigenvalue weighted by Crippen LogP contribution is -2.60. The van der Waals surface area contributed by atoms with E-state index >= 15 is 0 Å². The highest BCUT2D eigenvalue weighted by Gasteiger charge is 2.54. The molecular weight excluding hydrogens is 133 g/mol. The van der Waals surface area contributed by atoms with E-state index in [4.69, 9.17) is 0 Å². The third-order valence-corrected chi connectivity index (χ3v) is 2.66. The van der Waals surface area contributed by atoms with Gasteiger partial charge in [0.05, 0.1) is 5.41 Å². The molecule has 2 nitrogen and oxygen atoms in total. The van der Waals surface area contributed by atoms with Crippen molar-refractivity contribution in [1.82, 2.24) is 5.32 Å². The molecule has 0 aromatic carbocycles. The van der Waals surface area contributed by atoms with Crippen LogP contribution in [0.4, 0.5) is 4.39 Å². The van der Waals surface area contributed by atoms with E-state index in [1.807, 2.05) is 0 Å². The molecule has 0 aromatic rings. The van der Waals surface area contributed by atoms with Crippen LogP contribution >= 0.6 is 0 Å². The zero-order chi connectivity index (χ0) is 7.19. The number of ketones is 1. The lowest BCUT2D eigenvalue weighted by Gasteiger charge is -2.39. The first-order valence-corrected chi connectivity index (χ1v) is 3.64. The van der Waals surface area contributed by atoms with Gasteiger partial charge in [-0.2, -0.15) is 0 Å². The predicted molar refractivity (Wildman–Crippen MR) is 34.4 cm³/mol. The minimum atomic E-state index is -0.874. The summed E-state index contributed by atoms with van der Waals surface area (Å²) < 4.78 is 13.0. The summed E-state index contributed by atoms with van der Waals surface area (Å²) in [6.45, 7) is 1.12. The molecule has 1 aliphatic heterocycles. The normalized spacial score (nSPS) is 36.5. The molecule has 1 saturated carbocycles. The number of nitrogens with one attached hydrogen (secondary N) is 1. The number of rotatable bonds is 0.